The molecule has 0 saturated carbocycles. The summed E-state index contributed by atoms with van der Waals surface area (Å²) in [5.41, 5.74) is 1.46. The van der Waals surface area contributed by atoms with Gasteiger partial charge in [0.1, 0.15) is 17.0 Å². The van der Waals surface area contributed by atoms with Gasteiger partial charge in [-0.25, -0.2) is 4.98 Å². The first-order valence-electron chi connectivity index (χ1n) is 8.53. The van der Waals surface area contributed by atoms with Crippen LogP contribution in [-0.4, -0.2) is 29.1 Å². The first-order valence-corrected chi connectivity index (χ1v) is 8.53. The number of carbonyl (C=O) groups excluding carboxylic acids is 1. The van der Waals surface area contributed by atoms with E-state index >= 15 is 0 Å². The molecule has 0 aliphatic carbocycles. The number of benzene rings is 1. The molecule has 134 valence electrons. The molecule has 0 aliphatic heterocycles. The van der Waals surface area contributed by atoms with Crippen molar-refractivity contribution in [3.63, 3.8) is 0 Å². The Morgan fingerprint density at radius 2 is 2.08 bits per heavy atom. The van der Waals surface area contributed by atoms with Crippen LogP contribution >= 0.6 is 0 Å². The Morgan fingerprint density at radius 1 is 1.23 bits per heavy atom. The lowest BCUT2D eigenvalue weighted by Gasteiger charge is -2.11. The smallest absolute Gasteiger partial charge is 0.265 e. The zero-order valence-electron chi connectivity index (χ0n) is 14.9. The van der Waals surface area contributed by atoms with E-state index in [-0.39, 0.29) is 17.0 Å². The van der Waals surface area contributed by atoms with Gasteiger partial charge in [0.2, 0.25) is 0 Å². The maximum absolute atomic E-state index is 12.6. The molecule has 3 rings (SSSR count). The summed E-state index contributed by atoms with van der Waals surface area (Å²) in [7, 11) is 1.62. The summed E-state index contributed by atoms with van der Waals surface area (Å²) in [6.45, 7) is 2.75. The summed E-state index contributed by atoms with van der Waals surface area (Å²) in [4.78, 5) is 29.4. The molecule has 0 atom stereocenters. The molecule has 0 spiro atoms. The number of rotatable bonds is 6. The van der Waals surface area contributed by atoms with E-state index in [9.17, 15) is 9.59 Å². The van der Waals surface area contributed by atoms with Gasteiger partial charge in [-0.05, 0) is 49.2 Å². The Bertz CT molecular complexity index is 995. The summed E-state index contributed by atoms with van der Waals surface area (Å²) in [5, 5.41) is 3.60. The normalized spacial score (nSPS) is 10.7. The lowest BCUT2D eigenvalue weighted by molar-refractivity contribution is 0.0952. The molecular weight excluding hydrogens is 330 g/mol. The summed E-state index contributed by atoms with van der Waals surface area (Å²) in [6, 6.07) is 12.9. The summed E-state index contributed by atoms with van der Waals surface area (Å²) in [6.07, 6.45) is 2.29. The van der Waals surface area contributed by atoms with Gasteiger partial charge in [0.05, 0.1) is 7.11 Å². The van der Waals surface area contributed by atoms with E-state index in [1.807, 2.05) is 37.3 Å². The second-order valence-electron chi connectivity index (χ2n) is 5.88. The third-order valence-corrected chi connectivity index (χ3v) is 4.24. The van der Waals surface area contributed by atoms with Gasteiger partial charge in [-0.2, -0.15) is 0 Å². The number of carbonyl (C=O) groups is 1. The van der Waals surface area contributed by atoms with Crippen molar-refractivity contribution in [3.05, 3.63) is 70.1 Å². The van der Waals surface area contributed by atoms with Crippen LogP contribution in [0.25, 0.3) is 11.0 Å². The molecule has 6 heteroatoms. The van der Waals surface area contributed by atoms with Crippen LogP contribution in [0.15, 0.2) is 53.5 Å². The molecule has 2 aromatic heterocycles. The van der Waals surface area contributed by atoms with Gasteiger partial charge >= 0.3 is 0 Å². The van der Waals surface area contributed by atoms with Gasteiger partial charge in [0, 0.05) is 24.7 Å². The Kier molecular flexibility index (Phi) is 5.31. The summed E-state index contributed by atoms with van der Waals surface area (Å²) in [5.74, 6) is 0.410. The van der Waals surface area contributed by atoms with Crippen molar-refractivity contribution in [2.75, 3.05) is 13.7 Å². The number of ether oxygens (including phenoxy) is 1. The highest BCUT2D eigenvalue weighted by molar-refractivity contribution is 5.96. The van der Waals surface area contributed by atoms with E-state index in [0.717, 1.165) is 16.7 Å². The molecule has 0 saturated heterocycles. The minimum absolute atomic E-state index is 0.137. The second-order valence-corrected chi connectivity index (χ2v) is 5.88. The molecule has 3 aromatic rings. The Balaban J connectivity index is 1.77. The van der Waals surface area contributed by atoms with E-state index < -0.39 is 0 Å². The number of hydrogen-bond donors (Lipinski definition) is 1. The third kappa shape index (κ3) is 3.59. The largest absolute Gasteiger partial charge is 0.497 e. The van der Waals surface area contributed by atoms with Crippen molar-refractivity contribution in [2.24, 2.45) is 0 Å². The second kappa shape index (κ2) is 7.82. The van der Waals surface area contributed by atoms with Crippen molar-refractivity contribution >= 4 is 16.9 Å². The van der Waals surface area contributed by atoms with Gasteiger partial charge in [-0.3, -0.25) is 14.2 Å². The van der Waals surface area contributed by atoms with Crippen molar-refractivity contribution in [1.82, 2.24) is 14.9 Å². The van der Waals surface area contributed by atoms with Crippen LogP contribution in [0.1, 0.15) is 22.8 Å². The Hall–Kier alpha value is -3.15. The molecule has 0 bridgehead atoms. The molecule has 2 heterocycles. The number of aromatic nitrogens is 2. The number of pyridine rings is 2. The molecule has 0 radical (unpaired) electrons. The fraction of sp³-hybridized carbons (Fsp3) is 0.250. The number of nitrogens with one attached hydrogen (secondary N) is 1. The highest BCUT2D eigenvalue weighted by Gasteiger charge is 2.15. The number of fused-ring (bicyclic) bond motifs is 1. The van der Waals surface area contributed by atoms with Crippen molar-refractivity contribution < 1.29 is 9.53 Å². The average Bonchev–Trinajstić information content (AvgIpc) is 2.67. The lowest BCUT2D eigenvalue weighted by atomic mass is 10.1. The molecule has 0 unspecified atom stereocenters. The van der Waals surface area contributed by atoms with E-state index in [2.05, 4.69) is 10.3 Å². The maximum atomic E-state index is 12.6. The van der Waals surface area contributed by atoms with Crippen LogP contribution < -0.4 is 15.6 Å². The number of methoxy groups -OCH3 is 1. The molecule has 1 N–H and O–H groups in total. The summed E-state index contributed by atoms with van der Waals surface area (Å²) >= 11 is 0. The molecule has 0 aliphatic rings. The molecule has 1 aromatic carbocycles. The quantitative estimate of drug-likeness (QED) is 0.740. The van der Waals surface area contributed by atoms with Crippen LogP contribution in [0, 0.1) is 0 Å². The molecule has 26 heavy (non-hydrogen) atoms. The van der Waals surface area contributed by atoms with Crippen LogP contribution in [0.5, 0.6) is 5.75 Å². The van der Waals surface area contributed by atoms with Crippen LogP contribution in [0.4, 0.5) is 0 Å². The first-order chi connectivity index (χ1) is 12.6. The van der Waals surface area contributed by atoms with Crippen LogP contribution in [-0.2, 0) is 13.0 Å². The Morgan fingerprint density at radius 3 is 2.85 bits per heavy atom. The molecule has 1 amide bonds. The zero-order valence-corrected chi connectivity index (χ0v) is 14.9. The van der Waals surface area contributed by atoms with E-state index in [0.29, 0.717) is 25.2 Å². The van der Waals surface area contributed by atoms with Gasteiger partial charge in [-0.15, -0.1) is 0 Å². The van der Waals surface area contributed by atoms with Gasteiger partial charge in [0.25, 0.3) is 11.5 Å². The first kappa shape index (κ1) is 17.7. The average molecular weight is 351 g/mol. The predicted molar refractivity (Wildman–Crippen MR) is 101 cm³/mol. The van der Waals surface area contributed by atoms with Gasteiger partial charge in [-0.1, -0.05) is 12.1 Å². The van der Waals surface area contributed by atoms with Gasteiger partial charge in [0.15, 0.2) is 0 Å². The minimum Gasteiger partial charge on any atom is -0.497 e. The highest BCUT2D eigenvalue weighted by atomic mass is 16.5. The maximum Gasteiger partial charge on any atom is 0.265 e. The number of aryl methyl sites for hydroxylation is 1. The van der Waals surface area contributed by atoms with Crippen molar-refractivity contribution in [3.8, 4) is 5.75 Å². The topological polar surface area (TPSA) is 73.2 Å². The van der Waals surface area contributed by atoms with E-state index in [1.165, 1.54) is 4.57 Å². The monoisotopic (exact) mass is 351 g/mol. The van der Waals surface area contributed by atoms with Gasteiger partial charge < -0.3 is 10.1 Å². The number of hydrogen-bond acceptors (Lipinski definition) is 4. The number of nitrogens with zero attached hydrogens (tertiary/aromatic N) is 2. The van der Waals surface area contributed by atoms with Crippen molar-refractivity contribution in [1.29, 1.82) is 0 Å². The van der Waals surface area contributed by atoms with Crippen LogP contribution in [0.2, 0.25) is 0 Å². The SMILES string of the molecule is CCn1c(=O)c(C(=O)NCCc2cccc(OC)c2)cc2cccnc21. The molecule has 0 fully saturated rings. The van der Waals surface area contributed by atoms with Crippen molar-refractivity contribution in [2.45, 2.75) is 19.9 Å². The predicted octanol–water partition coefficient (Wildman–Crippen LogP) is 2.40. The fourth-order valence-corrected chi connectivity index (χ4v) is 2.91. The lowest BCUT2D eigenvalue weighted by Crippen LogP contribution is -2.34. The highest BCUT2D eigenvalue weighted by Crippen LogP contribution is 2.13. The van der Waals surface area contributed by atoms with E-state index in [4.69, 9.17) is 4.74 Å². The third-order valence-electron chi connectivity index (χ3n) is 4.24. The van der Waals surface area contributed by atoms with E-state index in [1.54, 1.807) is 25.4 Å². The molecular formula is C20H21N3O3. The number of amides is 1. The Labute approximate surface area is 151 Å². The minimum atomic E-state index is -0.370. The summed E-state index contributed by atoms with van der Waals surface area (Å²) < 4.78 is 6.72. The zero-order chi connectivity index (χ0) is 18.5. The van der Waals surface area contributed by atoms with Crippen LogP contribution in [0.3, 0.4) is 0 Å². The standard InChI is InChI=1S/C20H21N3O3/c1-3-23-18-15(7-5-10-21-18)13-17(20(23)25)19(24)22-11-9-14-6-4-8-16(12-14)26-2/h4-8,10,12-13H,3,9,11H2,1-2H3,(H,22,24). The fourth-order valence-electron chi connectivity index (χ4n) is 2.91. The molecule has 6 nitrogen and oxygen atoms in total.